The van der Waals surface area contributed by atoms with E-state index in [4.69, 9.17) is 5.73 Å². The van der Waals surface area contributed by atoms with Crippen LogP contribution in [0.25, 0.3) is 0 Å². The summed E-state index contributed by atoms with van der Waals surface area (Å²) in [7, 11) is 0. The molecule has 17 heavy (non-hydrogen) atoms. The van der Waals surface area contributed by atoms with Crippen molar-refractivity contribution in [1.29, 1.82) is 0 Å². The smallest absolute Gasteiger partial charge is 0.324 e. The van der Waals surface area contributed by atoms with Crippen LogP contribution in [0.4, 0.5) is 13.2 Å². The molecule has 1 nitrogen and oxygen atoms in total. The lowest BCUT2D eigenvalue weighted by atomic mass is 10.0. The molecule has 0 unspecified atom stereocenters. The lowest BCUT2D eigenvalue weighted by Gasteiger charge is -2.12. The van der Waals surface area contributed by atoms with Crippen LogP contribution in [0.3, 0.4) is 0 Å². The first-order chi connectivity index (χ1) is 7.78. The third kappa shape index (κ3) is 5.28. The van der Waals surface area contributed by atoms with E-state index in [1.165, 1.54) is 12.1 Å². The van der Waals surface area contributed by atoms with Gasteiger partial charge >= 0.3 is 5.51 Å². The minimum absolute atomic E-state index is 0.123. The Morgan fingerprint density at radius 3 is 2.29 bits per heavy atom. The van der Waals surface area contributed by atoms with Gasteiger partial charge in [-0.3, -0.25) is 0 Å². The molecule has 0 spiro atoms. The van der Waals surface area contributed by atoms with Crippen LogP contribution in [0.2, 0.25) is 0 Å². The topological polar surface area (TPSA) is 26.0 Å². The molecule has 2 N–H and O–H groups in total. The molecule has 1 aromatic carbocycles. The number of hydrogen-bond donors (Lipinski definition) is 1. The van der Waals surface area contributed by atoms with Gasteiger partial charge in [0.1, 0.15) is 0 Å². The van der Waals surface area contributed by atoms with Crippen LogP contribution < -0.4 is 5.73 Å². The molecule has 0 saturated carbocycles. The Kier molecular flexibility index (Phi) is 4.65. The van der Waals surface area contributed by atoms with Gasteiger partial charge < -0.3 is 5.73 Å². The molecule has 0 aromatic heterocycles. The Hall–Kier alpha value is -0.940. The van der Waals surface area contributed by atoms with Gasteiger partial charge in [-0.2, -0.15) is 13.2 Å². The molecule has 0 bridgehead atoms. The van der Waals surface area contributed by atoms with Gasteiger partial charge in [-0.25, -0.2) is 0 Å². The Labute approximate surface area is 103 Å². The minimum atomic E-state index is -4.25. The van der Waals surface area contributed by atoms with Crippen LogP contribution >= 0.6 is 11.8 Å². The lowest BCUT2D eigenvalue weighted by Crippen LogP contribution is -2.10. The Bertz CT molecular complexity index is 384. The van der Waals surface area contributed by atoms with Gasteiger partial charge in [0.15, 0.2) is 0 Å². The fourth-order valence-electron chi connectivity index (χ4n) is 1.41. The molecule has 5 heteroatoms. The predicted octanol–water partition coefficient (Wildman–Crippen LogP) is 4.26. The van der Waals surface area contributed by atoms with E-state index >= 15 is 0 Å². The summed E-state index contributed by atoms with van der Waals surface area (Å²) in [5.74, 6) is 0. The standard InChI is InChI=1S/C12H14F3NS/c1-8(2)7-11(16)9-3-5-10(6-4-9)17-12(13,14)15/h3-6,11H,1,7,16H2,2H3/t11-/m1/s1. The fourth-order valence-corrected chi connectivity index (χ4v) is 1.95. The summed E-state index contributed by atoms with van der Waals surface area (Å²) in [5, 5.41) is 0. The molecule has 0 fully saturated rings. The molecular formula is C12H14F3NS. The van der Waals surface area contributed by atoms with Crippen LogP contribution in [0.15, 0.2) is 41.3 Å². The summed E-state index contributed by atoms with van der Waals surface area (Å²) in [6.07, 6.45) is 0.631. The lowest BCUT2D eigenvalue weighted by molar-refractivity contribution is -0.0328. The Morgan fingerprint density at radius 1 is 1.35 bits per heavy atom. The first kappa shape index (κ1) is 14.1. The van der Waals surface area contributed by atoms with Gasteiger partial charge in [0.05, 0.1) is 0 Å². The quantitative estimate of drug-likeness (QED) is 0.647. The van der Waals surface area contributed by atoms with E-state index in [0.29, 0.717) is 6.42 Å². The molecule has 0 radical (unpaired) electrons. The van der Waals surface area contributed by atoms with Gasteiger partial charge in [-0.05, 0) is 42.8 Å². The van der Waals surface area contributed by atoms with Crippen molar-refractivity contribution in [3.8, 4) is 0 Å². The minimum Gasteiger partial charge on any atom is -0.324 e. The first-order valence-corrected chi connectivity index (χ1v) is 5.85. The van der Waals surface area contributed by atoms with Crippen LogP contribution in [-0.4, -0.2) is 5.51 Å². The summed E-state index contributed by atoms with van der Waals surface area (Å²) in [6.45, 7) is 5.62. The highest BCUT2D eigenvalue weighted by Crippen LogP contribution is 2.37. The molecule has 0 aliphatic rings. The van der Waals surface area contributed by atoms with Crippen LogP contribution in [-0.2, 0) is 0 Å². The van der Waals surface area contributed by atoms with E-state index in [1.54, 1.807) is 12.1 Å². The molecule has 0 aliphatic heterocycles. The third-order valence-corrected chi connectivity index (χ3v) is 2.85. The normalized spacial score (nSPS) is 13.5. The van der Waals surface area contributed by atoms with Crippen LogP contribution in [0, 0.1) is 0 Å². The monoisotopic (exact) mass is 261 g/mol. The Balaban J connectivity index is 2.71. The van der Waals surface area contributed by atoms with E-state index in [1.807, 2.05) is 6.92 Å². The highest BCUT2D eigenvalue weighted by atomic mass is 32.2. The number of hydrogen-bond acceptors (Lipinski definition) is 2. The van der Waals surface area contributed by atoms with E-state index in [0.717, 1.165) is 11.1 Å². The van der Waals surface area contributed by atoms with Crippen molar-refractivity contribution in [2.45, 2.75) is 29.8 Å². The molecule has 0 aliphatic carbocycles. The van der Waals surface area contributed by atoms with Gasteiger partial charge in [-0.1, -0.05) is 17.7 Å². The number of nitrogens with two attached hydrogens (primary N) is 1. The summed E-state index contributed by atoms with van der Waals surface area (Å²) in [5.41, 5.74) is 3.40. The molecular weight excluding hydrogens is 247 g/mol. The van der Waals surface area contributed by atoms with Crippen molar-refractivity contribution in [2.24, 2.45) is 5.73 Å². The maximum absolute atomic E-state index is 12.1. The summed E-state index contributed by atoms with van der Waals surface area (Å²) in [6, 6.07) is 5.92. The molecule has 1 aromatic rings. The van der Waals surface area contributed by atoms with Crippen LogP contribution in [0.1, 0.15) is 24.9 Å². The van der Waals surface area contributed by atoms with E-state index in [-0.39, 0.29) is 22.7 Å². The maximum atomic E-state index is 12.1. The van der Waals surface area contributed by atoms with Crippen molar-refractivity contribution < 1.29 is 13.2 Å². The summed E-state index contributed by atoms with van der Waals surface area (Å²) >= 11 is -0.123. The van der Waals surface area contributed by atoms with Gasteiger partial charge in [0, 0.05) is 10.9 Å². The number of alkyl halides is 3. The molecule has 0 amide bonds. The van der Waals surface area contributed by atoms with E-state index in [2.05, 4.69) is 6.58 Å². The molecule has 94 valence electrons. The number of benzene rings is 1. The SMILES string of the molecule is C=C(C)C[C@@H](N)c1ccc(SC(F)(F)F)cc1. The third-order valence-electron chi connectivity index (χ3n) is 2.11. The van der Waals surface area contributed by atoms with Gasteiger partial charge in [-0.15, -0.1) is 6.58 Å². The molecule has 0 saturated heterocycles. The first-order valence-electron chi connectivity index (χ1n) is 5.03. The highest BCUT2D eigenvalue weighted by Gasteiger charge is 2.29. The maximum Gasteiger partial charge on any atom is 0.446 e. The summed E-state index contributed by atoms with van der Waals surface area (Å²) in [4.78, 5) is 0.170. The number of halogens is 3. The average molecular weight is 261 g/mol. The van der Waals surface area contributed by atoms with Crippen molar-refractivity contribution >= 4 is 11.8 Å². The van der Waals surface area contributed by atoms with Crippen molar-refractivity contribution in [1.82, 2.24) is 0 Å². The molecule has 1 rings (SSSR count). The number of thioether (sulfide) groups is 1. The van der Waals surface area contributed by atoms with E-state index in [9.17, 15) is 13.2 Å². The zero-order valence-electron chi connectivity index (χ0n) is 9.42. The van der Waals surface area contributed by atoms with Crippen molar-refractivity contribution in [3.63, 3.8) is 0 Å². The van der Waals surface area contributed by atoms with Gasteiger partial charge in [0.2, 0.25) is 0 Å². The second kappa shape index (κ2) is 5.60. The van der Waals surface area contributed by atoms with Crippen molar-refractivity contribution in [3.05, 3.63) is 42.0 Å². The second-order valence-corrected chi connectivity index (χ2v) is 5.02. The second-order valence-electron chi connectivity index (χ2n) is 3.88. The van der Waals surface area contributed by atoms with Gasteiger partial charge in [0.25, 0.3) is 0 Å². The molecule has 1 atom stereocenters. The van der Waals surface area contributed by atoms with Crippen molar-refractivity contribution in [2.75, 3.05) is 0 Å². The highest BCUT2D eigenvalue weighted by molar-refractivity contribution is 8.00. The summed E-state index contributed by atoms with van der Waals surface area (Å²) < 4.78 is 36.3. The van der Waals surface area contributed by atoms with Crippen LogP contribution in [0.5, 0.6) is 0 Å². The average Bonchev–Trinajstić information content (AvgIpc) is 2.15. The predicted molar refractivity (Wildman–Crippen MR) is 64.7 cm³/mol. The number of rotatable bonds is 4. The zero-order chi connectivity index (χ0) is 13.1. The zero-order valence-corrected chi connectivity index (χ0v) is 10.2. The molecule has 0 heterocycles. The fraction of sp³-hybridized carbons (Fsp3) is 0.333. The Morgan fingerprint density at radius 2 is 1.88 bits per heavy atom. The van der Waals surface area contributed by atoms with E-state index < -0.39 is 5.51 Å². The largest absolute Gasteiger partial charge is 0.446 e.